The number of aliphatic hydroxyl groups is 1. The normalized spacial score (nSPS) is 21.1. The average Bonchev–Trinajstić information content (AvgIpc) is 2.86. The number of ether oxygens (including phenoxy) is 2. The molecular formula is C29H31F2NO3. The highest BCUT2D eigenvalue weighted by Gasteiger charge is 2.45. The Balaban J connectivity index is 1.33. The summed E-state index contributed by atoms with van der Waals surface area (Å²) in [5.74, 6) is -1.24. The van der Waals surface area contributed by atoms with Gasteiger partial charge in [0.1, 0.15) is 13.2 Å². The van der Waals surface area contributed by atoms with Gasteiger partial charge in [0.25, 0.3) is 0 Å². The van der Waals surface area contributed by atoms with Crippen LogP contribution in [0.25, 0.3) is 0 Å². The van der Waals surface area contributed by atoms with Crippen LogP contribution in [-0.4, -0.2) is 23.6 Å². The van der Waals surface area contributed by atoms with Crippen LogP contribution in [0.4, 0.5) is 8.78 Å². The van der Waals surface area contributed by atoms with Gasteiger partial charge in [-0.3, -0.25) is 0 Å². The van der Waals surface area contributed by atoms with Gasteiger partial charge in [0.15, 0.2) is 11.5 Å². The Hall–Kier alpha value is -2.96. The van der Waals surface area contributed by atoms with Crippen molar-refractivity contribution in [3.05, 3.63) is 95.1 Å². The van der Waals surface area contributed by atoms with Crippen LogP contribution in [0, 0.1) is 5.92 Å². The summed E-state index contributed by atoms with van der Waals surface area (Å²) in [7, 11) is 0. The van der Waals surface area contributed by atoms with Crippen LogP contribution in [-0.2, 0) is 19.6 Å². The second-order valence-corrected chi connectivity index (χ2v) is 9.64. The maximum absolute atomic E-state index is 13.2. The number of halogens is 2. The minimum absolute atomic E-state index is 0.0304. The fourth-order valence-electron chi connectivity index (χ4n) is 5.03. The molecule has 35 heavy (non-hydrogen) atoms. The molecule has 4 nitrogen and oxygen atoms in total. The molecule has 2 N–H and O–H groups in total. The molecule has 5 rings (SSSR count). The van der Waals surface area contributed by atoms with Gasteiger partial charge in [-0.2, -0.15) is 0 Å². The Bertz CT molecular complexity index is 1120. The van der Waals surface area contributed by atoms with Gasteiger partial charge in [-0.05, 0) is 48.1 Å². The number of alkyl halides is 2. The molecule has 3 aromatic rings. The molecule has 0 aromatic heterocycles. The van der Waals surface area contributed by atoms with E-state index in [0.717, 1.165) is 22.3 Å². The number of fused-ring (bicyclic) bond motifs is 1. The number of aliphatic hydroxyl groups excluding tert-OH is 1. The van der Waals surface area contributed by atoms with Gasteiger partial charge in [-0.1, -0.05) is 66.7 Å². The predicted octanol–water partition coefficient (Wildman–Crippen LogP) is 5.83. The molecule has 0 radical (unpaired) electrons. The van der Waals surface area contributed by atoms with E-state index in [4.69, 9.17) is 9.47 Å². The number of benzene rings is 3. The molecule has 1 saturated carbocycles. The lowest BCUT2D eigenvalue weighted by Gasteiger charge is -2.38. The van der Waals surface area contributed by atoms with Gasteiger partial charge < -0.3 is 19.9 Å². The van der Waals surface area contributed by atoms with Gasteiger partial charge in [0.05, 0.1) is 6.10 Å². The molecule has 0 amide bonds. The van der Waals surface area contributed by atoms with Gasteiger partial charge in [0.2, 0.25) is 5.92 Å². The van der Waals surface area contributed by atoms with Crippen molar-refractivity contribution in [1.82, 2.24) is 5.32 Å². The lowest BCUT2D eigenvalue weighted by molar-refractivity contribution is -0.110. The van der Waals surface area contributed by atoms with E-state index in [1.54, 1.807) is 0 Å². The first-order valence-electron chi connectivity index (χ1n) is 12.3. The molecule has 0 aliphatic heterocycles. The Morgan fingerprint density at radius 3 is 2.11 bits per heavy atom. The fourth-order valence-corrected chi connectivity index (χ4v) is 5.03. The van der Waals surface area contributed by atoms with Crippen LogP contribution in [0.5, 0.6) is 11.5 Å². The summed E-state index contributed by atoms with van der Waals surface area (Å²) in [6.45, 7) is 1.31. The van der Waals surface area contributed by atoms with Crippen LogP contribution >= 0.6 is 0 Å². The maximum atomic E-state index is 13.2. The topological polar surface area (TPSA) is 50.7 Å². The van der Waals surface area contributed by atoms with Crippen molar-refractivity contribution in [3.8, 4) is 11.5 Å². The molecule has 0 unspecified atom stereocenters. The van der Waals surface area contributed by atoms with E-state index in [-0.39, 0.29) is 24.8 Å². The van der Waals surface area contributed by atoms with E-state index in [1.807, 2.05) is 72.8 Å². The highest BCUT2D eigenvalue weighted by atomic mass is 19.3. The smallest absolute Gasteiger partial charge is 0.248 e. The molecule has 2 aliphatic carbocycles. The van der Waals surface area contributed by atoms with Crippen molar-refractivity contribution in [3.63, 3.8) is 0 Å². The summed E-state index contributed by atoms with van der Waals surface area (Å²) in [6, 6.07) is 23.5. The third kappa shape index (κ3) is 5.65. The number of rotatable bonds is 9. The first-order valence-corrected chi connectivity index (χ1v) is 12.3. The summed E-state index contributed by atoms with van der Waals surface area (Å²) in [4.78, 5) is 0. The van der Waals surface area contributed by atoms with Crippen LogP contribution in [0.3, 0.4) is 0 Å². The van der Waals surface area contributed by atoms with E-state index in [2.05, 4.69) is 5.32 Å². The van der Waals surface area contributed by atoms with Crippen molar-refractivity contribution >= 4 is 0 Å². The Labute approximate surface area is 204 Å². The van der Waals surface area contributed by atoms with Crippen molar-refractivity contribution < 1.29 is 23.4 Å². The summed E-state index contributed by atoms with van der Waals surface area (Å²) in [5.41, 5.74) is 3.87. The summed E-state index contributed by atoms with van der Waals surface area (Å²) in [5, 5.41) is 14.5. The molecule has 6 heteroatoms. The van der Waals surface area contributed by atoms with E-state index in [0.29, 0.717) is 44.1 Å². The van der Waals surface area contributed by atoms with Crippen LogP contribution in [0.15, 0.2) is 72.8 Å². The summed E-state index contributed by atoms with van der Waals surface area (Å²) >= 11 is 0. The standard InChI is InChI=1S/C29H31F2NO3/c30-29(31)15-22(16-29)17-32-25-13-11-24-23(27(25)33)12-14-26(34-18-20-7-3-1-4-8-20)28(24)35-19-21-9-5-2-6-10-21/h1-10,12,14,22,25,27,32-33H,11,13,15-19H2/t25-,27-/m1/s1. The minimum atomic E-state index is -2.52. The van der Waals surface area contributed by atoms with Gasteiger partial charge in [-0.25, -0.2) is 8.78 Å². The van der Waals surface area contributed by atoms with Crippen molar-refractivity contribution in [2.45, 2.75) is 57.0 Å². The lowest BCUT2D eigenvalue weighted by atomic mass is 9.80. The van der Waals surface area contributed by atoms with E-state index in [9.17, 15) is 13.9 Å². The van der Waals surface area contributed by atoms with Gasteiger partial charge >= 0.3 is 0 Å². The van der Waals surface area contributed by atoms with Crippen molar-refractivity contribution in [2.75, 3.05) is 6.54 Å². The third-order valence-corrected chi connectivity index (χ3v) is 6.97. The molecule has 1 fully saturated rings. The molecule has 3 aromatic carbocycles. The zero-order chi connectivity index (χ0) is 24.3. The SMILES string of the molecule is O[C@@H]1c2ccc(OCc3ccccc3)c(OCc3ccccc3)c2CC[C@H]1NCC1CC(F)(F)C1. The fraction of sp³-hybridized carbons (Fsp3) is 0.379. The first-order chi connectivity index (χ1) is 17.0. The maximum Gasteiger partial charge on any atom is 0.248 e. The van der Waals surface area contributed by atoms with Crippen molar-refractivity contribution in [2.24, 2.45) is 5.92 Å². The van der Waals surface area contributed by atoms with E-state index >= 15 is 0 Å². The Morgan fingerprint density at radius 1 is 0.857 bits per heavy atom. The second-order valence-electron chi connectivity index (χ2n) is 9.64. The molecular weight excluding hydrogens is 448 g/mol. The monoisotopic (exact) mass is 479 g/mol. The lowest BCUT2D eigenvalue weighted by Crippen LogP contribution is -2.46. The quantitative estimate of drug-likeness (QED) is 0.406. The molecule has 0 saturated heterocycles. The number of hydrogen-bond acceptors (Lipinski definition) is 4. The highest BCUT2D eigenvalue weighted by molar-refractivity contribution is 5.53. The highest BCUT2D eigenvalue weighted by Crippen LogP contribution is 2.44. The average molecular weight is 480 g/mol. The van der Waals surface area contributed by atoms with E-state index in [1.165, 1.54) is 0 Å². The van der Waals surface area contributed by atoms with Crippen molar-refractivity contribution in [1.29, 1.82) is 0 Å². The zero-order valence-electron chi connectivity index (χ0n) is 19.6. The molecule has 0 bridgehead atoms. The van der Waals surface area contributed by atoms with Crippen LogP contribution in [0.1, 0.15) is 47.6 Å². The molecule has 2 aliphatic rings. The summed E-state index contributed by atoms with van der Waals surface area (Å²) < 4.78 is 38.8. The van der Waals surface area contributed by atoms with Gasteiger partial charge in [-0.15, -0.1) is 0 Å². The van der Waals surface area contributed by atoms with Gasteiger partial charge in [0, 0.05) is 24.4 Å². The first kappa shape index (κ1) is 23.8. The van der Waals surface area contributed by atoms with Crippen LogP contribution in [0.2, 0.25) is 0 Å². The molecule has 0 heterocycles. The number of nitrogens with one attached hydrogen (secondary N) is 1. The predicted molar refractivity (Wildman–Crippen MR) is 131 cm³/mol. The molecule has 184 valence electrons. The molecule has 0 spiro atoms. The van der Waals surface area contributed by atoms with Crippen LogP contribution < -0.4 is 14.8 Å². The minimum Gasteiger partial charge on any atom is -0.485 e. The molecule has 2 atom stereocenters. The largest absolute Gasteiger partial charge is 0.485 e. The summed E-state index contributed by atoms with van der Waals surface area (Å²) in [6.07, 6.45) is 0.526. The number of hydrogen-bond donors (Lipinski definition) is 2. The Kier molecular flexibility index (Phi) is 7.02. The Morgan fingerprint density at radius 2 is 1.49 bits per heavy atom. The zero-order valence-corrected chi connectivity index (χ0v) is 19.6. The van der Waals surface area contributed by atoms with E-state index < -0.39 is 12.0 Å². The third-order valence-electron chi connectivity index (χ3n) is 6.97. The second kappa shape index (κ2) is 10.3.